The SMILES string of the molecule is Brc1cc2c(cc1NCc1cccs1)C=NC2. The number of hydrogen-bond donors (Lipinski definition) is 1. The van der Waals surface area contributed by atoms with Gasteiger partial charge in [-0.05, 0) is 50.6 Å². The van der Waals surface area contributed by atoms with Gasteiger partial charge in [-0.1, -0.05) is 6.07 Å². The third kappa shape index (κ3) is 2.28. The third-order valence-electron chi connectivity index (χ3n) is 2.75. The molecule has 2 heterocycles. The first-order valence-electron chi connectivity index (χ1n) is 5.41. The van der Waals surface area contributed by atoms with Crippen LogP contribution in [0.15, 0.2) is 39.1 Å². The zero-order valence-electron chi connectivity index (χ0n) is 9.11. The van der Waals surface area contributed by atoms with Crippen molar-refractivity contribution in [2.75, 3.05) is 5.32 Å². The van der Waals surface area contributed by atoms with E-state index in [-0.39, 0.29) is 0 Å². The molecule has 2 nitrogen and oxygen atoms in total. The second-order valence-electron chi connectivity index (χ2n) is 3.93. The van der Waals surface area contributed by atoms with E-state index < -0.39 is 0 Å². The van der Waals surface area contributed by atoms with Gasteiger partial charge in [0.05, 0.1) is 6.54 Å². The molecule has 1 aliphatic rings. The Kier molecular flexibility index (Phi) is 2.99. The Bertz CT molecular complexity index is 561. The fraction of sp³-hybridized carbons (Fsp3) is 0.154. The Morgan fingerprint density at radius 1 is 1.41 bits per heavy atom. The average Bonchev–Trinajstić information content (AvgIpc) is 2.95. The number of fused-ring (bicyclic) bond motifs is 1. The van der Waals surface area contributed by atoms with Crippen LogP contribution in [0.2, 0.25) is 0 Å². The van der Waals surface area contributed by atoms with Crippen LogP contribution in [0, 0.1) is 0 Å². The van der Waals surface area contributed by atoms with Crippen LogP contribution in [0.4, 0.5) is 5.69 Å². The zero-order chi connectivity index (χ0) is 11.7. The van der Waals surface area contributed by atoms with Gasteiger partial charge in [-0.25, -0.2) is 0 Å². The molecule has 1 aromatic carbocycles. The number of aliphatic imine (C=N–C) groups is 1. The summed E-state index contributed by atoms with van der Waals surface area (Å²) in [5, 5.41) is 5.55. The fourth-order valence-electron chi connectivity index (χ4n) is 1.86. The van der Waals surface area contributed by atoms with Gasteiger partial charge in [-0.2, -0.15) is 0 Å². The number of thiophene rings is 1. The number of nitrogens with one attached hydrogen (secondary N) is 1. The molecule has 0 fully saturated rings. The first-order valence-corrected chi connectivity index (χ1v) is 7.09. The van der Waals surface area contributed by atoms with Crippen molar-refractivity contribution in [3.8, 4) is 0 Å². The molecule has 1 aliphatic heterocycles. The van der Waals surface area contributed by atoms with Gasteiger partial charge in [0, 0.05) is 27.8 Å². The molecule has 0 bridgehead atoms. The molecule has 0 saturated carbocycles. The van der Waals surface area contributed by atoms with Gasteiger partial charge in [0.1, 0.15) is 0 Å². The highest BCUT2D eigenvalue weighted by atomic mass is 79.9. The molecular formula is C13H11BrN2S. The zero-order valence-corrected chi connectivity index (χ0v) is 11.5. The molecule has 3 rings (SSSR count). The van der Waals surface area contributed by atoms with Gasteiger partial charge < -0.3 is 5.32 Å². The summed E-state index contributed by atoms with van der Waals surface area (Å²) in [5.41, 5.74) is 3.64. The van der Waals surface area contributed by atoms with E-state index in [9.17, 15) is 0 Å². The number of rotatable bonds is 3. The van der Waals surface area contributed by atoms with E-state index in [0.29, 0.717) is 0 Å². The molecule has 0 amide bonds. The van der Waals surface area contributed by atoms with E-state index in [1.54, 1.807) is 11.3 Å². The second-order valence-corrected chi connectivity index (χ2v) is 5.82. The van der Waals surface area contributed by atoms with E-state index in [0.717, 1.165) is 23.2 Å². The highest BCUT2D eigenvalue weighted by molar-refractivity contribution is 9.10. The smallest absolute Gasteiger partial charge is 0.0646 e. The highest BCUT2D eigenvalue weighted by Crippen LogP contribution is 2.29. The van der Waals surface area contributed by atoms with Crippen LogP contribution < -0.4 is 5.32 Å². The summed E-state index contributed by atoms with van der Waals surface area (Å²) in [5.74, 6) is 0. The molecule has 0 unspecified atom stereocenters. The summed E-state index contributed by atoms with van der Waals surface area (Å²) in [6, 6.07) is 8.52. The minimum absolute atomic E-state index is 0.805. The van der Waals surface area contributed by atoms with Crippen LogP contribution in [0.25, 0.3) is 0 Å². The van der Waals surface area contributed by atoms with Crippen LogP contribution in [0.3, 0.4) is 0 Å². The van der Waals surface area contributed by atoms with Crippen molar-refractivity contribution < 1.29 is 0 Å². The maximum atomic E-state index is 4.27. The molecular weight excluding hydrogens is 296 g/mol. The Balaban J connectivity index is 1.81. The van der Waals surface area contributed by atoms with Gasteiger partial charge in [-0.3, -0.25) is 4.99 Å². The fourth-order valence-corrected chi connectivity index (χ4v) is 3.04. The summed E-state index contributed by atoms with van der Waals surface area (Å²) < 4.78 is 1.11. The molecule has 0 atom stereocenters. The Morgan fingerprint density at radius 2 is 2.35 bits per heavy atom. The molecule has 4 heteroatoms. The Hall–Kier alpha value is -1.13. The molecule has 0 spiro atoms. The predicted octanol–water partition coefficient (Wildman–Crippen LogP) is 4.06. The first-order chi connectivity index (χ1) is 8.33. The van der Waals surface area contributed by atoms with Crippen molar-refractivity contribution in [3.63, 3.8) is 0 Å². The summed E-state index contributed by atoms with van der Waals surface area (Å²) in [7, 11) is 0. The minimum atomic E-state index is 0.805. The quantitative estimate of drug-likeness (QED) is 0.909. The Morgan fingerprint density at radius 3 is 3.18 bits per heavy atom. The molecule has 1 aromatic heterocycles. The lowest BCUT2D eigenvalue weighted by Gasteiger charge is -2.09. The molecule has 86 valence electrons. The van der Waals surface area contributed by atoms with Gasteiger partial charge in [0.25, 0.3) is 0 Å². The van der Waals surface area contributed by atoms with Crippen molar-refractivity contribution in [3.05, 3.63) is 50.1 Å². The first kappa shape index (κ1) is 11.0. The van der Waals surface area contributed by atoms with Crippen molar-refractivity contribution in [1.82, 2.24) is 0 Å². The van der Waals surface area contributed by atoms with Crippen LogP contribution in [-0.4, -0.2) is 6.21 Å². The second kappa shape index (κ2) is 4.63. The number of nitrogens with zero attached hydrogens (tertiary/aromatic N) is 1. The molecule has 0 aliphatic carbocycles. The average molecular weight is 307 g/mol. The van der Waals surface area contributed by atoms with E-state index >= 15 is 0 Å². The summed E-state index contributed by atoms with van der Waals surface area (Å²) >= 11 is 5.37. The lowest BCUT2D eigenvalue weighted by atomic mass is 10.1. The van der Waals surface area contributed by atoms with E-state index in [1.807, 2.05) is 6.21 Å². The van der Waals surface area contributed by atoms with Gasteiger partial charge in [0.2, 0.25) is 0 Å². The number of anilines is 1. The van der Waals surface area contributed by atoms with Crippen molar-refractivity contribution >= 4 is 39.2 Å². The van der Waals surface area contributed by atoms with Crippen molar-refractivity contribution in [2.45, 2.75) is 13.1 Å². The number of hydrogen-bond acceptors (Lipinski definition) is 3. The van der Waals surface area contributed by atoms with Gasteiger partial charge in [0.15, 0.2) is 0 Å². The van der Waals surface area contributed by atoms with Crippen LogP contribution >= 0.6 is 27.3 Å². The van der Waals surface area contributed by atoms with E-state index in [1.165, 1.54) is 16.0 Å². The van der Waals surface area contributed by atoms with Crippen LogP contribution in [-0.2, 0) is 13.1 Å². The summed E-state index contributed by atoms with van der Waals surface area (Å²) in [6.07, 6.45) is 1.94. The summed E-state index contributed by atoms with van der Waals surface area (Å²) in [4.78, 5) is 5.61. The molecule has 0 radical (unpaired) electrons. The van der Waals surface area contributed by atoms with Crippen LogP contribution in [0.5, 0.6) is 0 Å². The lowest BCUT2D eigenvalue weighted by molar-refractivity contribution is 1.10. The van der Waals surface area contributed by atoms with Crippen molar-refractivity contribution in [1.29, 1.82) is 0 Å². The van der Waals surface area contributed by atoms with Gasteiger partial charge in [-0.15, -0.1) is 11.3 Å². The molecule has 2 aromatic rings. The standard InChI is InChI=1S/C13H11BrN2S/c14-12-4-9-6-15-7-10(9)5-13(12)16-8-11-2-1-3-17-11/h1-5,7,16H,6,8H2. The lowest BCUT2D eigenvalue weighted by Crippen LogP contribution is -1.99. The monoisotopic (exact) mass is 306 g/mol. The largest absolute Gasteiger partial charge is 0.379 e. The molecule has 17 heavy (non-hydrogen) atoms. The molecule has 0 saturated heterocycles. The van der Waals surface area contributed by atoms with Crippen molar-refractivity contribution in [2.24, 2.45) is 4.99 Å². The summed E-state index contributed by atoms with van der Waals surface area (Å²) in [6.45, 7) is 1.67. The minimum Gasteiger partial charge on any atom is -0.379 e. The Labute approximate surface area is 113 Å². The van der Waals surface area contributed by atoms with E-state index in [4.69, 9.17) is 0 Å². The predicted molar refractivity (Wildman–Crippen MR) is 77.1 cm³/mol. The number of benzene rings is 1. The van der Waals surface area contributed by atoms with Crippen LogP contribution in [0.1, 0.15) is 16.0 Å². The molecule has 1 N–H and O–H groups in total. The van der Waals surface area contributed by atoms with Gasteiger partial charge >= 0.3 is 0 Å². The maximum Gasteiger partial charge on any atom is 0.0646 e. The maximum absolute atomic E-state index is 4.27. The third-order valence-corrected chi connectivity index (χ3v) is 4.29. The number of halogens is 1. The topological polar surface area (TPSA) is 24.4 Å². The normalized spacial score (nSPS) is 12.8. The van der Waals surface area contributed by atoms with E-state index in [2.05, 4.69) is 55.9 Å². The highest BCUT2D eigenvalue weighted by Gasteiger charge is 2.10.